The Bertz CT molecular complexity index is 719. The molecule has 24 heavy (non-hydrogen) atoms. The van der Waals surface area contributed by atoms with Crippen molar-refractivity contribution in [2.45, 2.75) is 23.4 Å². The van der Waals surface area contributed by atoms with E-state index in [0.29, 0.717) is 5.76 Å². The molecule has 0 radical (unpaired) electrons. The predicted octanol–water partition coefficient (Wildman–Crippen LogP) is 1.08. The third-order valence-corrected chi connectivity index (χ3v) is 6.67. The van der Waals surface area contributed by atoms with Gasteiger partial charge in [0.2, 0.25) is 0 Å². The normalized spacial score (nSPS) is 35.8. The van der Waals surface area contributed by atoms with Crippen molar-refractivity contribution < 1.29 is 28.4 Å². The molecule has 2 bridgehead atoms. The molecule has 128 valence electrons. The average Bonchev–Trinajstić information content (AvgIpc) is 3.24. The van der Waals surface area contributed by atoms with Gasteiger partial charge >= 0.3 is 11.9 Å². The number of ether oxygens (including phenoxy) is 2. The third kappa shape index (κ3) is 2.40. The van der Waals surface area contributed by atoms with E-state index in [2.05, 4.69) is 33.1 Å². The van der Waals surface area contributed by atoms with Crippen molar-refractivity contribution in [3.05, 3.63) is 11.8 Å². The number of aryl methyl sites for hydroxylation is 1. The number of halogens is 1. The van der Waals surface area contributed by atoms with Crippen LogP contribution < -0.4 is 5.32 Å². The molecule has 2 aliphatic carbocycles. The van der Waals surface area contributed by atoms with E-state index in [-0.39, 0.29) is 33.7 Å². The van der Waals surface area contributed by atoms with Gasteiger partial charge in [-0.25, -0.2) is 0 Å². The van der Waals surface area contributed by atoms with E-state index in [9.17, 15) is 14.4 Å². The minimum absolute atomic E-state index is 0.0733. The molecule has 1 aromatic heterocycles. The fourth-order valence-corrected chi connectivity index (χ4v) is 5.55. The molecule has 0 aromatic carbocycles. The lowest BCUT2D eigenvalue weighted by atomic mass is 9.80. The lowest BCUT2D eigenvalue weighted by Gasteiger charge is -2.26. The average molecular weight is 446 g/mol. The number of alkyl halides is 1. The summed E-state index contributed by atoms with van der Waals surface area (Å²) in [6, 6.07) is 1.56. The number of nitrogens with one attached hydrogen (secondary N) is 1. The van der Waals surface area contributed by atoms with E-state index in [0.717, 1.165) is 6.42 Å². The van der Waals surface area contributed by atoms with E-state index < -0.39 is 30.3 Å². The number of rotatable bonds is 4. The highest BCUT2D eigenvalue weighted by Crippen LogP contribution is 2.60. The van der Waals surface area contributed by atoms with Crippen molar-refractivity contribution in [1.82, 2.24) is 5.16 Å². The summed E-state index contributed by atoms with van der Waals surface area (Å²) in [6.45, 7) is 1.28. The zero-order valence-electron chi connectivity index (χ0n) is 12.7. The second-order valence-corrected chi connectivity index (χ2v) is 7.88. The summed E-state index contributed by atoms with van der Waals surface area (Å²) in [5.41, 5.74) is 0. The molecule has 1 aliphatic heterocycles. The zero-order valence-corrected chi connectivity index (χ0v) is 14.9. The van der Waals surface area contributed by atoms with Crippen LogP contribution in [0.25, 0.3) is 0 Å². The van der Waals surface area contributed by atoms with Crippen molar-refractivity contribution in [2.75, 3.05) is 11.9 Å². The Balaban J connectivity index is 1.37. The van der Waals surface area contributed by atoms with Gasteiger partial charge < -0.3 is 19.3 Å². The molecule has 3 aliphatic rings. The summed E-state index contributed by atoms with van der Waals surface area (Å²) in [6.07, 6.45) is 0.731. The van der Waals surface area contributed by atoms with Crippen LogP contribution in [0.2, 0.25) is 0 Å². The van der Waals surface area contributed by atoms with Gasteiger partial charge in [0.25, 0.3) is 5.91 Å². The second-order valence-electron chi connectivity index (χ2n) is 6.44. The number of hydrogen-bond acceptors (Lipinski definition) is 7. The van der Waals surface area contributed by atoms with Gasteiger partial charge in [-0.2, -0.15) is 0 Å². The first-order chi connectivity index (χ1) is 11.5. The van der Waals surface area contributed by atoms with Crippen molar-refractivity contribution in [1.29, 1.82) is 0 Å². The number of hydrogen-bond donors (Lipinski definition) is 1. The van der Waals surface area contributed by atoms with Crippen LogP contribution >= 0.6 is 22.6 Å². The Morgan fingerprint density at radius 2 is 2.25 bits per heavy atom. The number of anilines is 1. The van der Waals surface area contributed by atoms with E-state index in [4.69, 9.17) is 14.0 Å². The molecule has 4 rings (SSSR count). The molecule has 1 amide bonds. The molecule has 0 spiro atoms. The smallest absolute Gasteiger partial charge is 0.310 e. The first kappa shape index (κ1) is 15.9. The monoisotopic (exact) mass is 446 g/mol. The fraction of sp³-hybridized carbons (Fsp3) is 0.600. The maximum absolute atomic E-state index is 12.4. The lowest BCUT2D eigenvalue weighted by Crippen LogP contribution is -2.39. The molecule has 3 fully saturated rings. The quantitative estimate of drug-likeness (QED) is 0.419. The molecule has 1 N–H and O–H groups in total. The zero-order chi connectivity index (χ0) is 17.0. The van der Waals surface area contributed by atoms with Gasteiger partial charge in [-0.1, -0.05) is 27.7 Å². The topological polar surface area (TPSA) is 108 Å². The number of nitrogens with zero attached hydrogens (tertiary/aromatic N) is 1. The van der Waals surface area contributed by atoms with Crippen molar-refractivity contribution in [3.8, 4) is 0 Å². The maximum Gasteiger partial charge on any atom is 0.310 e. The summed E-state index contributed by atoms with van der Waals surface area (Å²) in [5, 5.41) is 6.11. The molecular formula is C15H15IN2O6. The molecule has 6 atom stereocenters. The van der Waals surface area contributed by atoms with Crippen molar-refractivity contribution in [2.24, 2.45) is 23.7 Å². The minimum Gasteiger partial charge on any atom is -0.461 e. The largest absolute Gasteiger partial charge is 0.461 e. The van der Waals surface area contributed by atoms with Crippen LogP contribution in [0.5, 0.6) is 0 Å². The second kappa shape index (κ2) is 5.71. The molecule has 0 unspecified atom stereocenters. The predicted molar refractivity (Wildman–Crippen MR) is 87.1 cm³/mol. The first-order valence-corrected chi connectivity index (χ1v) is 8.94. The molecule has 1 aromatic rings. The summed E-state index contributed by atoms with van der Waals surface area (Å²) >= 11 is 2.25. The molecule has 9 heteroatoms. The van der Waals surface area contributed by atoms with Crippen molar-refractivity contribution >= 4 is 46.3 Å². The van der Waals surface area contributed by atoms with Gasteiger partial charge in [-0.05, 0) is 19.3 Å². The Morgan fingerprint density at radius 1 is 1.46 bits per heavy atom. The summed E-state index contributed by atoms with van der Waals surface area (Å²) < 4.78 is 15.5. The van der Waals surface area contributed by atoms with Gasteiger partial charge in [0.1, 0.15) is 11.9 Å². The van der Waals surface area contributed by atoms with Crippen LogP contribution in [-0.4, -0.2) is 39.6 Å². The van der Waals surface area contributed by atoms with Gasteiger partial charge in [0.15, 0.2) is 12.4 Å². The fourth-order valence-electron chi connectivity index (χ4n) is 4.13. The molecule has 1 saturated heterocycles. The van der Waals surface area contributed by atoms with Gasteiger partial charge in [0, 0.05) is 12.0 Å². The highest BCUT2D eigenvalue weighted by atomic mass is 127. The number of carbonyl (C=O) groups excluding carboxylic acids is 3. The van der Waals surface area contributed by atoms with Crippen LogP contribution in [-0.2, 0) is 23.9 Å². The number of aromatic nitrogens is 1. The van der Waals surface area contributed by atoms with Gasteiger partial charge in [0.05, 0.1) is 15.8 Å². The maximum atomic E-state index is 12.4. The van der Waals surface area contributed by atoms with Crippen LogP contribution in [0.15, 0.2) is 10.6 Å². The van der Waals surface area contributed by atoms with Crippen LogP contribution in [0.1, 0.15) is 12.2 Å². The highest BCUT2D eigenvalue weighted by Gasteiger charge is 2.68. The molecule has 8 nitrogen and oxygen atoms in total. The number of carbonyl (C=O) groups is 3. The lowest BCUT2D eigenvalue weighted by molar-refractivity contribution is -0.157. The Kier molecular flexibility index (Phi) is 3.77. The van der Waals surface area contributed by atoms with E-state index in [1.807, 2.05) is 0 Å². The van der Waals surface area contributed by atoms with Crippen LogP contribution in [0.4, 0.5) is 5.82 Å². The van der Waals surface area contributed by atoms with Crippen LogP contribution in [0, 0.1) is 30.6 Å². The molecule has 2 heterocycles. The third-order valence-electron chi connectivity index (χ3n) is 5.04. The number of amides is 1. The SMILES string of the molecule is Cc1cc(NC(=O)COC(=O)[C@@H]2[C@H]3C[C@H]4[C@H](OC(=O)[C@@H]42)[C@H]3I)no1. The number of fused-ring (bicyclic) bond motifs is 1. The summed E-state index contributed by atoms with van der Waals surface area (Å²) in [4.78, 5) is 36.3. The van der Waals surface area contributed by atoms with Crippen molar-refractivity contribution in [3.63, 3.8) is 0 Å². The van der Waals surface area contributed by atoms with Gasteiger partial charge in [-0.3, -0.25) is 14.4 Å². The van der Waals surface area contributed by atoms with E-state index in [1.54, 1.807) is 13.0 Å². The highest BCUT2D eigenvalue weighted by molar-refractivity contribution is 14.1. The standard InChI is InChI=1S/C15H15IN2O6/c1-5-2-8(18-24-5)17-9(19)4-22-14(20)10-6-3-7-11(10)15(21)23-13(7)12(6)16/h2,6-7,10-13H,3-4H2,1H3,(H,17,18,19)/t6-,7-,10-,11+,12+,13+/m1/s1. The number of esters is 2. The molecule has 2 saturated carbocycles. The Morgan fingerprint density at radius 3 is 2.96 bits per heavy atom. The summed E-state index contributed by atoms with van der Waals surface area (Å²) in [5.74, 6) is -1.23. The van der Waals surface area contributed by atoms with Crippen LogP contribution in [0.3, 0.4) is 0 Å². The Labute approximate surface area is 150 Å². The minimum atomic E-state index is -0.509. The molecular weight excluding hydrogens is 431 g/mol. The van der Waals surface area contributed by atoms with Gasteiger partial charge in [-0.15, -0.1) is 0 Å². The van der Waals surface area contributed by atoms with E-state index in [1.165, 1.54) is 0 Å². The Hall–Kier alpha value is -1.65. The van der Waals surface area contributed by atoms with E-state index >= 15 is 0 Å². The first-order valence-electron chi connectivity index (χ1n) is 7.70. The summed E-state index contributed by atoms with van der Waals surface area (Å²) in [7, 11) is 0.